The summed E-state index contributed by atoms with van der Waals surface area (Å²) in [6, 6.07) is 12.5. The number of ether oxygens (including phenoxy) is 1. The predicted octanol–water partition coefficient (Wildman–Crippen LogP) is 4.30. The van der Waals surface area contributed by atoms with Crippen LogP contribution in [0.5, 0.6) is 11.5 Å². The zero-order chi connectivity index (χ0) is 20.8. The van der Waals surface area contributed by atoms with Crippen LogP contribution in [0.15, 0.2) is 59.5 Å². The molecule has 2 aromatic carbocycles. The van der Waals surface area contributed by atoms with Gasteiger partial charge in [-0.25, -0.2) is 4.39 Å². The topological polar surface area (TPSA) is 77.0 Å². The lowest BCUT2D eigenvalue weighted by atomic mass is 10.00. The van der Waals surface area contributed by atoms with Crippen LogP contribution >= 0.6 is 0 Å². The highest BCUT2D eigenvalue weighted by Gasteiger charge is 2.33. The summed E-state index contributed by atoms with van der Waals surface area (Å²) >= 11 is 0. The smallest absolute Gasteiger partial charge is 0.277 e. The van der Waals surface area contributed by atoms with Crippen molar-refractivity contribution < 1.29 is 13.9 Å². The second kappa shape index (κ2) is 6.95. The molecule has 2 aromatic heterocycles. The SMILES string of the molecule is Cn1[nH]c(C2CC2)c(C(=O)c2ccc3nccc(Oc4ccc(F)cc4)c3c2)c1=O. The van der Waals surface area contributed by atoms with Crippen LogP contribution < -0.4 is 10.3 Å². The fraction of sp³-hybridized carbons (Fsp3) is 0.174. The van der Waals surface area contributed by atoms with Crippen molar-refractivity contribution in [2.24, 2.45) is 7.05 Å². The summed E-state index contributed by atoms with van der Waals surface area (Å²) in [7, 11) is 1.62. The van der Waals surface area contributed by atoms with Crippen LogP contribution in [-0.2, 0) is 7.05 Å². The maximum absolute atomic E-state index is 13.2. The van der Waals surface area contributed by atoms with E-state index in [9.17, 15) is 14.0 Å². The van der Waals surface area contributed by atoms with Gasteiger partial charge < -0.3 is 4.74 Å². The first-order valence-corrected chi connectivity index (χ1v) is 9.67. The van der Waals surface area contributed by atoms with Crippen molar-refractivity contribution in [2.45, 2.75) is 18.8 Å². The van der Waals surface area contributed by atoms with Gasteiger partial charge in [0.25, 0.3) is 5.56 Å². The van der Waals surface area contributed by atoms with Gasteiger partial charge in [0.2, 0.25) is 5.78 Å². The number of aromatic nitrogens is 3. The third-order valence-corrected chi connectivity index (χ3v) is 5.29. The van der Waals surface area contributed by atoms with Crippen molar-refractivity contribution in [3.63, 3.8) is 0 Å². The van der Waals surface area contributed by atoms with E-state index < -0.39 is 0 Å². The van der Waals surface area contributed by atoms with Crippen LogP contribution in [0.3, 0.4) is 0 Å². The highest BCUT2D eigenvalue weighted by Crippen LogP contribution is 2.40. The van der Waals surface area contributed by atoms with Gasteiger partial charge in [-0.3, -0.25) is 24.4 Å². The molecule has 150 valence electrons. The van der Waals surface area contributed by atoms with Crippen LogP contribution in [0.1, 0.15) is 40.4 Å². The lowest BCUT2D eigenvalue weighted by molar-refractivity contribution is 0.103. The monoisotopic (exact) mass is 403 g/mol. The quantitative estimate of drug-likeness (QED) is 0.504. The van der Waals surface area contributed by atoms with Gasteiger partial charge in [0, 0.05) is 30.1 Å². The minimum Gasteiger partial charge on any atom is -0.457 e. The minimum atomic E-state index is -0.352. The predicted molar refractivity (Wildman–Crippen MR) is 110 cm³/mol. The molecule has 0 saturated heterocycles. The highest BCUT2D eigenvalue weighted by molar-refractivity contribution is 6.11. The zero-order valence-corrected chi connectivity index (χ0v) is 16.2. The summed E-state index contributed by atoms with van der Waals surface area (Å²) < 4.78 is 20.4. The Hall–Kier alpha value is -3.74. The van der Waals surface area contributed by atoms with E-state index in [1.807, 2.05) is 0 Å². The van der Waals surface area contributed by atoms with E-state index in [2.05, 4.69) is 10.1 Å². The number of benzene rings is 2. The molecule has 1 aliphatic rings. The van der Waals surface area contributed by atoms with Gasteiger partial charge in [-0.05, 0) is 61.4 Å². The summed E-state index contributed by atoms with van der Waals surface area (Å²) in [4.78, 5) is 30.2. The molecule has 1 fully saturated rings. The van der Waals surface area contributed by atoms with Gasteiger partial charge in [-0.2, -0.15) is 0 Å². The summed E-state index contributed by atoms with van der Waals surface area (Å²) in [6.07, 6.45) is 3.55. The number of aryl methyl sites for hydroxylation is 1. The van der Waals surface area contributed by atoms with Crippen LogP contribution in [0.4, 0.5) is 4.39 Å². The molecule has 0 unspecified atom stereocenters. The average Bonchev–Trinajstić information content (AvgIpc) is 3.55. The lowest BCUT2D eigenvalue weighted by Gasteiger charge is -2.10. The van der Waals surface area contributed by atoms with E-state index >= 15 is 0 Å². The Morgan fingerprint density at radius 2 is 1.93 bits per heavy atom. The Morgan fingerprint density at radius 3 is 2.67 bits per heavy atom. The van der Waals surface area contributed by atoms with Crippen molar-refractivity contribution in [3.05, 3.63) is 87.7 Å². The molecule has 1 N–H and O–H groups in total. The molecule has 0 aliphatic heterocycles. The minimum absolute atomic E-state index is 0.198. The number of pyridine rings is 1. The molecular weight excluding hydrogens is 385 g/mol. The number of hydrogen-bond acceptors (Lipinski definition) is 4. The number of carbonyl (C=O) groups is 1. The number of fused-ring (bicyclic) bond motifs is 1. The second-order valence-electron chi connectivity index (χ2n) is 7.47. The largest absolute Gasteiger partial charge is 0.457 e. The Bertz CT molecular complexity index is 1330. The van der Waals surface area contributed by atoms with E-state index in [0.717, 1.165) is 12.8 Å². The van der Waals surface area contributed by atoms with Gasteiger partial charge in [0.15, 0.2) is 0 Å². The van der Waals surface area contributed by atoms with E-state index in [4.69, 9.17) is 4.74 Å². The molecule has 2 heterocycles. The molecule has 0 bridgehead atoms. The highest BCUT2D eigenvalue weighted by atomic mass is 19.1. The summed E-state index contributed by atoms with van der Waals surface area (Å²) in [6.45, 7) is 0. The van der Waals surface area contributed by atoms with Crippen LogP contribution in [0.25, 0.3) is 10.9 Å². The number of hydrogen-bond donors (Lipinski definition) is 1. The first kappa shape index (κ1) is 18.3. The fourth-order valence-corrected chi connectivity index (χ4v) is 3.58. The van der Waals surface area contributed by atoms with Crippen molar-refractivity contribution in [1.82, 2.24) is 14.8 Å². The molecule has 1 aliphatic carbocycles. The van der Waals surface area contributed by atoms with E-state index in [1.54, 1.807) is 37.5 Å². The Morgan fingerprint density at radius 1 is 1.17 bits per heavy atom. The average molecular weight is 403 g/mol. The Balaban J connectivity index is 1.57. The first-order valence-electron chi connectivity index (χ1n) is 9.67. The van der Waals surface area contributed by atoms with Crippen molar-refractivity contribution in [3.8, 4) is 11.5 Å². The number of aromatic amines is 1. The second-order valence-corrected chi connectivity index (χ2v) is 7.47. The molecular formula is C23H18FN3O3. The van der Waals surface area contributed by atoms with E-state index in [1.165, 1.54) is 28.9 Å². The lowest BCUT2D eigenvalue weighted by Crippen LogP contribution is -2.19. The third kappa shape index (κ3) is 3.18. The maximum Gasteiger partial charge on any atom is 0.277 e. The number of nitrogens with one attached hydrogen (secondary N) is 1. The zero-order valence-electron chi connectivity index (χ0n) is 16.2. The number of H-pyrrole nitrogens is 1. The fourth-order valence-electron chi connectivity index (χ4n) is 3.58. The molecule has 30 heavy (non-hydrogen) atoms. The molecule has 7 heteroatoms. The maximum atomic E-state index is 13.2. The van der Waals surface area contributed by atoms with E-state index in [0.29, 0.717) is 33.7 Å². The van der Waals surface area contributed by atoms with Gasteiger partial charge in [-0.15, -0.1) is 0 Å². The number of nitrogens with zero attached hydrogens (tertiary/aromatic N) is 2. The normalized spacial score (nSPS) is 13.5. The third-order valence-electron chi connectivity index (χ3n) is 5.29. The molecule has 0 spiro atoms. The molecule has 6 nitrogen and oxygen atoms in total. The van der Waals surface area contributed by atoms with Gasteiger partial charge in [0.1, 0.15) is 22.9 Å². The van der Waals surface area contributed by atoms with Crippen molar-refractivity contribution in [2.75, 3.05) is 0 Å². The first-order chi connectivity index (χ1) is 14.5. The van der Waals surface area contributed by atoms with Crippen LogP contribution in [0, 0.1) is 5.82 Å². The standard InChI is InChI=1S/C23H18FN3O3/c1-27-23(29)20(21(26-27)13-2-3-13)22(28)14-4-9-18-17(12-14)19(10-11-25-18)30-16-7-5-15(24)6-8-16/h4-13,26H,2-3H2,1H3. The van der Waals surface area contributed by atoms with E-state index in [-0.39, 0.29) is 28.6 Å². The number of halogens is 1. The molecule has 0 amide bonds. The number of carbonyl (C=O) groups excluding carboxylic acids is 1. The molecule has 0 atom stereocenters. The Kier molecular flexibility index (Phi) is 4.24. The molecule has 4 aromatic rings. The van der Waals surface area contributed by atoms with Gasteiger partial charge in [-0.1, -0.05) is 0 Å². The summed E-state index contributed by atoms with van der Waals surface area (Å²) in [5, 5.41) is 3.66. The summed E-state index contributed by atoms with van der Waals surface area (Å²) in [5.41, 5.74) is 1.62. The molecule has 5 rings (SSSR count). The number of ketones is 1. The van der Waals surface area contributed by atoms with Crippen LogP contribution in [0.2, 0.25) is 0 Å². The molecule has 0 radical (unpaired) electrons. The van der Waals surface area contributed by atoms with Crippen LogP contribution in [-0.4, -0.2) is 20.5 Å². The Labute approximate surface area is 170 Å². The summed E-state index contributed by atoms with van der Waals surface area (Å²) in [5.74, 6) is 0.519. The van der Waals surface area contributed by atoms with Crippen molar-refractivity contribution in [1.29, 1.82) is 0 Å². The van der Waals surface area contributed by atoms with Gasteiger partial charge in [0.05, 0.1) is 11.2 Å². The van der Waals surface area contributed by atoms with Gasteiger partial charge >= 0.3 is 0 Å². The van der Waals surface area contributed by atoms with Crippen molar-refractivity contribution >= 4 is 16.7 Å². The number of rotatable bonds is 5. The molecule has 1 saturated carbocycles.